The van der Waals surface area contributed by atoms with Gasteiger partial charge in [-0.2, -0.15) is 0 Å². The lowest BCUT2D eigenvalue weighted by molar-refractivity contribution is -0.113. The SMILES string of the molecule is CCCCOC1CC(NC(=NC)NCc2ccco2)C1(C)C.I. The van der Waals surface area contributed by atoms with E-state index in [-0.39, 0.29) is 29.4 Å². The van der Waals surface area contributed by atoms with Gasteiger partial charge in [0.1, 0.15) is 5.76 Å². The van der Waals surface area contributed by atoms with Crippen LogP contribution in [-0.2, 0) is 11.3 Å². The van der Waals surface area contributed by atoms with Gasteiger partial charge in [-0.25, -0.2) is 0 Å². The molecule has 1 aliphatic rings. The van der Waals surface area contributed by atoms with E-state index in [1.54, 1.807) is 13.3 Å². The van der Waals surface area contributed by atoms with Gasteiger partial charge >= 0.3 is 0 Å². The molecule has 1 saturated carbocycles. The summed E-state index contributed by atoms with van der Waals surface area (Å²) in [5.41, 5.74) is 0.121. The summed E-state index contributed by atoms with van der Waals surface area (Å²) in [6.07, 6.45) is 5.35. The Labute approximate surface area is 156 Å². The molecule has 0 amide bonds. The van der Waals surface area contributed by atoms with E-state index in [0.29, 0.717) is 18.7 Å². The maximum Gasteiger partial charge on any atom is 0.191 e. The summed E-state index contributed by atoms with van der Waals surface area (Å²) in [4.78, 5) is 4.29. The number of hydrogen-bond acceptors (Lipinski definition) is 3. The molecule has 6 heteroatoms. The maximum absolute atomic E-state index is 5.98. The largest absolute Gasteiger partial charge is 0.467 e. The predicted molar refractivity (Wildman–Crippen MR) is 104 cm³/mol. The third-order valence-electron chi connectivity index (χ3n) is 4.54. The molecule has 2 atom stereocenters. The van der Waals surface area contributed by atoms with Crippen LogP contribution >= 0.6 is 24.0 Å². The molecule has 0 bridgehead atoms. The van der Waals surface area contributed by atoms with E-state index >= 15 is 0 Å². The van der Waals surface area contributed by atoms with Crippen LogP contribution in [0.5, 0.6) is 0 Å². The van der Waals surface area contributed by atoms with Crippen molar-refractivity contribution < 1.29 is 9.15 Å². The summed E-state index contributed by atoms with van der Waals surface area (Å²) < 4.78 is 11.3. The zero-order valence-corrected chi connectivity index (χ0v) is 16.9. The van der Waals surface area contributed by atoms with E-state index in [1.807, 2.05) is 12.1 Å². The van der Waals surface area contributed by atoms with E-state index < -0.39 is 0 Å². The maximum atomic E-state index is 5.98. The first-order chi connectivity index (χ1) is 10.6. The van der Waals surface area contributed by atoms with Gasteiger partial charge in [-0.15, -0.1) is 24.0 Å². The molecule has 1 aliphatic carbocycles. The third kappa shape index (κ3) is 5.38. The van der Waals surface area contributed by atoms with Gasteiger partial charge in [0.15, 0.2) is 5.96 Å². The van der Waals surface area contributed by atoms with Crippen LogP contribution in [-0.4, -0.2) is 31.8 Å². The molecule has 132 valence electrons. The molecule has 2 N–H and O–H groups in total. The Hall–Kier alpha value is -0.760. The van der Waals surface area contributed by atoms with E-state index in [1.165, 1.54) is 6.42 Å². The van der Waals surface area contributed by atoms with Crippen LogP contribution in [0.2, 0.25) is 0 Å². The fraction of sp³-hybridized carbons (Fsp3) is 0.706. The monoisotopic (exact) mass is 435 g/mol. The summed E-state index contributed by atoms with van der Waals surface area (Å²) >= 11 is 0. The van der Waals surface area contributed by atoms with Gasteiger partial charge in [-0.1, -0.05) is 27.2 Å². The Kier molecular flexibility index (Phi) is 8.39. The second kappa shape index (κ2) is 9.52. The number of unbranched alkanes of at least 4 members (excludes halogenated alkanes) is 1. The van der Waals surface area contributed by atoms with Crippen molar-refractivity contribution in [3.63, 3.8) is 0 Å². The van der Waals surface area contributed by atoms with Crippen molar-refractivity contribution in [2.75, 3.05) is 13.7 Å². The molecule has 2 rings (SSSR count). The van der Waals surface area contributed by atoms with Crippen LogP contribution in [0, 0.1) is 5.41 Å². The van der Waals surface area contributed by atoms with Crippen molar-refractivity contribution in [3.05, 3.63) is 24.2 Å². The normalized spacial score (nSPS) is 22.9. The van der Waals surface area contributed by atoms with Crippen LogP contribution in [0.25, 0.3) is 0 Å². The van der Waals surface area contributed by atoms with Crippen LogP contribution in [0.3, 0.4) is 0 Å². The van der Waals surface area contributed by atoms with Gasteiger partial charge < -0.3 is 19.8 Å². The third-order valence-corrected chi connectivity index (χ3v) is 4.54. The van der Waals surface area contributed by atoms with Crippen molar-refractivity contribution in [1.82, 2.24) is 10.6 Å². The van der Waals surface area contributed by atoms with E-state index in [0.717, 1.165) is 31.2 Å². The van der Waals surface area contributed by atoms with Crippen molar-refractivity contribution in [2.24, 2.45) is 10.4 Å². The number of rotatable bonds is 7. The van der Waals surface area contributed by atoms with Crippen molar-refractivity contribution >= 4 is 29.9 Å². The number of halogens is 1. The number of hydrogen-bond donors (Lipinski definition) is 2. The number of nitrogens with one attached hydrogen (secondary N) is 2. The van der Waals surface area contributed by atoms with Crippen molar-refractivity contribution in [2.45, 2.75) is 58.7 Å². The standard InChI is InChI=1S/C17H29N3O2.HI/c1-5-6-9-22-15-11-14(17(15,2)3)20-16(18-4)19-12-13-8-7-10-21-13;/h7-8,10,14-15H,5-6,9,11-12H2,1-4H3,(H2,18,19,20);1H. The molecule has 2 unspecified atom stereocenters. The zero-order valence-electron chi connectivity index (χ0n) is 14.6. The molecule has 0 spiro atoms. The van der Waals surface area contributed by atoms with Gasteiger partial charge in [0.2, 0.25) is 0 Å². The van der Waals surface area contributed by atoms with E-state index in [2.05, 4.69) is 36.4 Å². The molecular weight excluding hydrogens is 405 g/mol. The molecule has 0 saturated heterocycles. The molecule has 1 fully saturated rings. The Bertz CT molecular complexity index is 474. The van der Waals surface area contributed by atoms with Gasteiger partial charge in [0.05, 0.1) is 18.9 Å². The highest BCUT2D eigenvalue weighted by atomic mass is 127. The Morgan fingerprint density at radius 1 is 1.48 bits per heavy atom. The number of furan rings is 1. The Morgan fingerprint density at radius 2 is 2.26 bits per heavy atom. The average molecular weight is 435 g/mol. The summed E-state index contributed by atoms with van der Waals surface area (Å²) in [6, 6.07) is 4.22. The minimum absolute atomic E-state index is 0. The summed E-state index contributed by atoms with van der Waals surface area (Å²) in [5, 5.41) is 6.77. The fourth-order valence-electron chi connectivity index (χ4n) is 2.73. The summed E-state index contributed by atoms with van der Waals surface area (Å²) in [5.74, 6) is 1.71. The van der Waals surface area contributed by atoms with Crippen LogP contribution in [0.1, 0.15) is 45.8 Å². The first-order valence-corrected chi connectivity index (χ1v) is 8.19. The highest BCUT2D eigenvalue weighted by Crippen LogP contribution is 2.42. The lowest BCUT2D eigenvalue weighted by atomic mass is 9.64. The molecule has 0 aromatic carbocycles. The first kappa shape index (κ1) is 20.3. The fourth-order valence-corrected chi connectivity index (χ4v) is 2.73. The lowest BCUT2D eigenvalue weighted by Gasteiger charge is -2.52. The number of nitrogens with zero attached hydrogens (tertiary/aromatic N) is 1. The highest BCUT2D eigenvalue weighted by Gasteiger charge is 2.49. The van der Waals surface area contributed by atoms with Gasteiger partial charge in [0, 0.05) is 25.1 Å². The first-order valence-electron chi connectivity index (χ1n) is 8.19. The molecule has 1 aromatic heterocycles. The van der Waals surface area contributed by atoms with Crippen LogP contribution in [0.15, 0.2) is 27.8 Å². The lowest BCUT2D eigenvalue weighted by Crippen LogP contribution is -2.63. The highest BCUT2D eigenvalue weighted by molar-refractivity contribution is 14.0. The van der Waals surface area contributed by atoms with Gasteiger partial charge in [-0.3, -0.25) is 4.99 Å². The minimum atomic E-state index is 0. The van der Waals surface area contributed by atoms with E-state index in [4.69, 9.17) is 9.15 Å². The molecule has 1 aromatic rings. The number of guanidine groups is 1. The molecule has 5 nitrogen and oxygen atoms in total. The number of ether oxygens (including phenoxy) is 1. The zero-order chi connectivity index (χ0) is 16.0. The topological polar surface area (TPSA) is 58.8 Å². The predicted octanol–water partition coefficient (Wildman–Crippen LogP) is 3.55. The second-order valence-corrected chi connectivity index (χ2v) is 6.47. The smallest absolute Gasteiger partial charge is 0.191 e. The molecule has 1 heterocycles. The Balaban J connectivity index is 0.00000264. The second-order valence-electron chi connectivity index (χ2n) is 6.47. The molecular formula is C17H30IN3O2. The molecule has 0 radical (unpaired) electrons. The quantitative estimate of drug-likeness (QED) is 0.298. The number of aliphatic imine (C=N–C) groups is 1. The Morgan fingerprint density at radius 3 is 2.83 bits per heavy atom. The van der Waals surface area contributed by atoms with Gasteiger partial charge in [-0.05, 0) is 25.0 Å². The minimum Gasteiger partial charge on any atom is -0.467 e. The summed E-state index contributed by atoms with van der Waals surface area (Å²) in [7, 11) is 1.79. The molecule has 0 aliphatic heterocycles. The van der Waals surface area contributed by atoms with Crippen LogP contribution < -0.4 is 10.6 Å². The summed E-state index contributed by atoms with van der Waals surface area (Å²) in [6.45, 7) is 8.20. The van der Waals surface area contributed by atoms with Crippen molar-refractivity contribution in [3.8, 4) is 0 Å². The van der Waals surface area contributed by atoms with Crippen LogP contribution in [0.4, 0.5) is 0 Å². The van der Waals surface area contributed by atoms with Gasteiger partial charge in [0.25, 0.3) is 0 Å². The van der Waals surface area contributed by atoms with Crippen molar-refractivity contribution in [1.29, 1.82) is 0 Å². The molecule has 23 heavy (non-hydrogen) atoms. The average Bonchev–Trinajstić information content (AvgIpc) is 3.02. The van der Waals surface area contributed by atoms with E-state index in [9.17, 15) is 0 Å².